The molecule has 0 spiro atoms. The molecule has 0 saturated heterocycles. The standard InChI is InChI=1S/C14H19N3O2/c1-4-11(15-2)14-16-13(17-19-14)9-10-7-5-6-8-12(10)18-3/h5-8,11,15H,4,9H2,1-3H3. The Morgan fingerprint density at radius 1 is 1.37 bits per heavy atom. The molecule has 0 amide bonds. The summed E-state index contributed by atoms with van der Waals surface area (Å²) in [5.41, 5.74) is 1.05. The van der Waals surface area contributed by atoms with E-state index in [2.05, 4.69) is 22.4 Å². The van der Waals surface area contributed by atoms with Gasteiger partial charge in [0.25, 0.3) is 0 Å². The molecule has 2 rings (SSSR count). The van der Waals surface area contributed by atoms with Crippen molar-refractivity contribution in [1.29, 1.82) is 0 Å². The molecule has 0 bridgehead atoms. The van der Waals surface area contributed by atoms with Gasteiger partial charge in [0, 0.05) is 12.0 Å². The Kier molecular flexibility index (Phi) is 4.52. The number of nitrogens with one attached hydrogen (secondary N) is 1. The minimum absolute atomic E-state index is 0.110. The summed E-state index contributed by atoms with van der Waals surface area (Å²) in [5.74, 6) is 2.15. The molecule has 1 aromatic heterocycles. The summed E-state index contributed by atoms with van der Waals surface area (Å²) in [7, 11) is 3.55. The van der Waals surface area contributed by atoms with E-state index in [1.165, 1.54) is 0 Å². The van der Waals surface area contributed by atoms with E-state index in [0.717, 1.165) is 17.7 Å². The summed E-state index contributed by atoms with van der Waals surface area (Å²) in [4.78, 5) is 4.43. The molecule has 0 radical (unpaired) electrons. The largest absolute Gasteiger partial charge is 0.496 e. The molecule has 0 aliphatic rings. The summed E-state index contributed by atoms with van der Waals surface area (Å²) in [6.45, 7) is 2.07. The van der Waals surface area contributed by atoms with Crippen LogP contribution in [0.2, 0.25) is 0 Å². The van der Waals surface area contributed by atoms with E-state index in [-0.39, 0.29) is 6.04 Å². The van der Waals surface area contributed by atoms with Gasteiger partial charge < -0.3 is 14.6 Å². The molecule has 0 saturated carbocycles. The first-order chi connectivity index (χ1) is 9.28. The summed E-state index contributed by atoms with van der Waals surface area (Å²) in [6, 6.07) is 7.96. The predicted octanol–water partition coefficient (Wildman–Crippen LogP) is 2.34. The fraction of sp³-hybridized carbons (Fsp3) is 0.429. The Hall–Kier alpha value is -1.88. The SMILES string of the molecule is CCC(NC)c1nc(Cc2ccccc2OC)no1. The van der Waals surface area contributed by atoms with Crippen LogP contribution in [0.15, 0.2) is 28.8 Å². The second kappa shape index (κ2) is 6.33. The topological polar surface area (TPSA) is 60.2 Å². The summed E-state index contributed by atoms with van der Waals surface area (Å²) < 4.78 is 10.6. The molecule has 19 heavy (non-hydrogen) atoms. The first-order valence-corrected chi connectivity index (χ1v) is 6.40. The third-order valence-corrected chi connectivity index (χ3v) is 3.08. The van der Waals surface area contributed by atoms with Gasteiger partial charge in [0.1, 0.15) is 5.75 Å². The minimum atomic E-state index is 0.110. The molecule has 1 heterocycles. The minimum Gasteiger partial charge on any atom is -0.496 e. The van der Waals surface area contributed by atoms with Crippen molar-refractivity contribution in [1.82, 2.24) is 15.5 Å². The van der Waals surface area contributed by atoms with Gasteiger partial charge in [0.05, 0.1) is 13.2 Å². The Balaban J connectivity index is 2.15. The zero-order chi connectivity index (χ0) is 13.7. The molecular weight excluding hydrogens is 242 g/mol. The van der Waals surface area contributed by atoms with Crippen LogP contribution < -0.4 is 10.1 Å². The lowest BCUT2D eigenvalue weighted by atomic mass is 10.1. The number of ether oxygens (including phenoxy) is 1. The smallest absolute Gasteiger partial charge is 0.243 e. The van der Waals surface area contributed by atoms with Crippen LogP contribution in [0.5, 0.6) is 5.75 Å². The monoisotopic (exact) mass is 261 g/mol. The van der Waals surface area contributed by atoms with E-state index < -0.39 is 0 Å². The number of aromatic nitrogens is 2. The van der Waals surface area contributed by atoms with Gasteiger partial charge >= 0.3 is 0 Å². The molecule has 1 aromatic carbocycles. The number of hydrogen-bond acceptors (Lipinski definition) is 5. The Morgan fingerprint density at radius 3 is 2.84 bits per heavy atom. The van der Waals surface area contributed by atoms with Crippen LogP contribution in [-0.4, -0.2) is 24.3 Å². The van der Waals surface area contributed by atoms with E-state index in [1.807, 2.05) is 31.3 Å². The van der Waals surface area contributed by atoms with Gasteiger partial charge in [-0.2, -0.15) is 4.98 Å². The van der Waals surface area contributed by atoms with E-state index in [9.17, 15) is 0 Å². The molecule has 1 atom stereocenters. The number of nitrogens with zero attached hydrogens (tertiary/aromatic N) is 2. The van der Waals surface area contributed by atoms with Crippen LogP contribution in [0.25, 0.3) is 0 Å². The summed E-state index contributed by atoms with van der Waals surface area (Å²) >= 11 is 0. The highest BCUT2D eigenvalue weighted by molar-refractivity contribution is 5.35. The van der Waals surface area contributed by atoms with E-state index in [4.69, 9.17) is 9.26 Å². The van der Waals surface area contributed by atoms with E-state index >= 15 is 0 Å². The lowest BCUT2D eigenvalue weighted by molar-refractivity contribution is 0.331. The highest BCUT2D eigenvalue weighted by Gasteiger charge is 2.16. The Labute approximate surface area is 113 Å². The molecule has 5 heteroatoms. The van der Waals surface area contributed by atoms with Crippen LogP contribution in [0, 0.1) is 0 Å². The second-order valence-corrected chi connectivity index (χ2v) is 4.29. The van der Waals surface area contributed by atoms with Crippen molar-refractivity contribution in [2.24, 2.45) is 0 Å². The number of hydrogen-bond donors (Lipinski definition) is 1. The zero-order valence-electron chi connectivity index (χ0n) is 11.5. The average molecular weight is 261 g/mol. The molecule has 102 valence electrons. The van der Waals surface area contributed by atoms with Gasteiger partial charge in [-0.1, -0.05) is 30.3 Å². The fourth-order valence-corrected chi connectivity index (χ4v) is 2.00. The van der Waals surface area contributed by atoms with Crippen LogP contribution in [0.4, 0.5) is 0 Å². The molecule has 0 aliphatic heterocycles. The molecule has 1 N–H and O–H groups in total. The molecule has 1 unspecified atom stereocenters. The lowest BCUT2D eigenvalue weighted by Crippen LogP contribution is -2.15. The van der Waals surface area contributed by atoms with Gasteiger partial charge in [0.2, 0.25) is 5.89 Å². The molecule has 5 nitrogen and oxygen atoms in total. The van der Waals surface area contributed by atoms with Crippen molar-refractivity contribution in [2.45, 2.75) is 25.8 Å². The quantitative estimate of drug-likeness (QED) is 0.864. The van der Waals surface area contributed by atoms with Gasteiger partial charge in [0.15, 0.2) is 5.82 Å². The van der Waals surface area contributed by atoms with Crippen molar-refractivity contribution in [2.75, 3.05) is 14.2 Å². The van der Waals surface area contributed by atoms with Gasteiger partial charge in [-0.15, -0.1) is 0 Å². The number of para-hydroxylation sites is 1. The van der Waals surface area contributed by atoms with Crippen LogP contribution >= 0.6 is 0 Å². The van der Waals surface area contributed by atoms with Crippen molar-refractivity contribution in [3.63, 3.8) is 0 Å². The molecule has 0 aliphatic carbocycles. The van der Waals surface area contributed by atoms with Crippen molar-refractivity contribution < 1.29 is 9.26 Å². The van der Waals surface area contributed by atoms with Crippen molar-refractivity contribution >= 4 is 0 Å². The van der Waals surface area contributed by atoms with Gasteiger partial charge in [-0.05, 0) is 19.5 Å². The highest BCUT2D eigenvalue weighted by atomic mass is 16.5. The number of rotatable bonds is 6. The normalized spacial score (nSPS) is 12.4. The fourth-order valence-electron chi connectivity index (χ4n) is 2.00. The summed E-state index contributed by atoms with van der Waals surface area (Å²) in [6.07, 6.45) is 1.51. The Bertz CT molecular complexity index is 521. The third kappa shape index (κ3) is 3.12. The predicted molar refractivity (Wildman–Crippen MR) is 72.2 cm³/mol. The number of benzene rings is 1. The molecule has 2 aromatic rings. The zero-order valence-corrected chi connectivity index (χ0v) is 11.5. The van der Waals surface area contributed by atoms with Crippen LogP contribution in [0.1, 0.15) is 36.7 Å². The van der Waals surface area contributed by atoms with Crippen molar-refractivity contribution in [3.8, 4) is 5.75 Å². The first-order valence-electron chi connectivity index (χ1n) is 6.40. The van der Waals surface area contributed by atoms with E-state index in [0.29, 0.717) is 18.1 Å². The van der Waals surface area contributed by atoms with Crippen molar-refractivity contribution in [3.05, 3.63) is 41.5 Å². The third-order valence-electron chi connectivity index (χ3n) is 3.08. The maximum absolute atomic E-state index is 5.32. The first kappa shape index (κ1) is 13.5. The van der Waals surface area contributed by atoms with Gasteiger partial charge in [-0.25, -0.2) is 0 Å². The number of methoxy groups -OCH3 is 1. The van der Waals surface area contributed by atoms with Gasteiger partial charge in [-0.3, -0.25) is 0 Å². The lowest BCUT2D eigenvalue weighted by Gasteiger charge is -2.07. The average Bonchev–Trinajstić information content (AvgIpc) is 2.89. The van der Waals surface area contributed by atoms with Crippen LogP contribution in [0.3, 0.4) is 0 Å². The molecular formula is C14H19N3O2. The van der Waals surface area contributed by atoms with Crippen LogP contribution in [-0.2, 0) is 6.42 Å². The maximum atomic E-state index is 5.32. The maximum Gasteiger partial charge on any atom is 0.243 e. The highest BCUT2D eigenvalue weighted by Crippen LogP contribution is 2.21. The Morgan fingerprint density at radius 2 is 2.16 bits per heavy atom. The molecule has 0 fully saturated rings. The van der Waals surface area contributed by atoms with E-state index in [1.54, 1.807) is 7.11 Å². The second-order valence-electron chi connectivity index (χ2n) is 4.29. The summed E-state index contributed by atoms with van der Waals surface area (Å²) in [5, 5.41) is 7.17.